The van der Waals surface area contributed by atoms with E-state index in [-0.39, 0.29) is 0 Å². The van der Waals surface area contributed by atoms with Crippen molar-refractivity contribution in [1.82, 2.24) is 0 Å². The number of rotatable bonds is 4. The van der Waals surface area contributed by atoms with Crippen molar-refractivity contribution < 1.29 is 0 Å². The Bertz CT molecular complexity index is 458. The molecule has 0 aliphatic carbocycles. The molecule has 0 spiro atoms. The maximum atomic E-state index is 4.85. The monoisotopic (exact) mass is 237 g/mol. The molecule has 0 radical (unpaired) electrons. The molecule has 0 unspecified atom stereocenters. The van der Waals surface area contributed by atoms with Crippen LogP contribution in [-0.2, 0) is 0 Å². The van der Waals surface area contributed by atoms with E-state index in [1.165, 1.54) is 11.1 Å². The van der Waals surface area contributed by atoms with E-state index in [4.69, 9.17) is 4.99 Å². The summed E-state index contributed by atoms with van der Waals surface area (Å²) in [5.74, 6) is 0. The molecule has 0 fully saturated rings. The molecular formula is C17H19N. The largest absolute Gasteiger partial charge is 0.281 e. The van der Waals surface area contributed by atoms with Crippen LogP contribution in [0.25, 0.3) is 0 Å². The Kier molecular flexibility index (Phi) is 4.30. The predicted octanol–water partition coefficient (Wildman–Crippen LogP) is 4.32. The summed E-state index contributed by atoms with van der Waals surface area (Å²) < 4.78 is 0. The number of nitrogens with zero attached hydrogens (tertiary/aromatic N) is 1. The molecule has 1 atom stereocenters. The predicted molar refractivity (Wildman–Crippen MR) is 78.3 cm³/mol. The summed E-state index contributed by atoms with van der Waals surface area (Å²) >= 11 is 0. The Labute approximate surface area is 109 Å². The maximum absolute atomic E-state index is 4.85. The van der Waals surface area contributed by atoms with Crippen molar-refractivity contribution in [3.63, 3.8) is 0 Å². The van der Waals surface area contributed by atoms with Gasteiger partial charge in [-0.3, -0.25) is 4.99 Å². The lowest BCUT2D eigenvalue weighted by Gasteiger charge is -2.10. The second-order valence-corrected chi connectivity index (χ2v) is 4.47. The molecular weight excluding hydrogens is 218 g/mol. The maximum Gasteiger partial charge on any atom is 0.0722 e. The fraction of sp³-hybridized carbons (Fsp3) is 0.235. The third kappa shape index (κ3) is 3.07. The van der Waals surface area contributed by atoms with E-state index in [9.17, 15) is 0 Å². The quantitative estimate of drug-likeness (QED) is 0.702. The number of aliphatic imine (C=N–C) groups is 1. The number of benzene rings is 2. The van der Waals surface area contributed by atoms with Gasteiger partial charge in [0.2, 0.25) is 0 Å². The molecule has 0 aliphatic rings. The van der Waals surface area contributed by atoms with Gasteiger partial charge in [0.25, 0.3) is 0 Å². The Hall–Kier alpha value is -1.89. The molecule has 2 aromatic rings. The van der Waals surface area contributed by atoms with Crippen LogP contribution in [0.3, 0.4) is 0 Å². The van der Waals surface area contributed by atoms with E-state index in [2.05, 4.69) is 62.4 Å². The minimum Gasteiger partial charge on any atom is -0.281 e. The van der Waals surface area contributed by atoms with Crippen LogP contribution < -0.4 is 0 Å². The van der Waals surface area contributed by atoms with Crippen LogP contribution in [0.4, 0.5) is 0 Å². The van der Waals surface area contributed by atoms with Crippen molar-refractivity contribution in [2.45, 2.75) is 26.3 Å². The lowest BCUT2D eigenvalue weighted by Crippen LogP contribution is -2.08. The second-order valence-electron chi connectivity index (χ2n) is 4.47. The number of hydrogen-bond acceptors (Lipinski definition) is 1. The summed E-state index contributed by atoms with van der Waals surface area (Å²) in [7, 11) is 0. The highest BCUT2D eigenvalue weighted by Crippen LogP contribution is 2.12. The SMILES string of the molecule is CC[C@H](C)N=C(c1ccccc1)c1ccccc1. The molecule has 0 N–H and O–H groups in total. The Balaban J connectivity index is 2.45. The van der Waals surface area contributed by atoms with Crippen molar-refractivity contribution in [2.24, 2.45) is 4.99 Å². The van der Waals surface area contributed by atoms with E-state index < -0.39 is 0 Å². The van der Waals surface area contributed by atoms with Gasteiger partial charge in [0.15, 0.2) is 0 Å². The average Bonchev–Trinajstić information content (AvgIpc) is 2.46. The van der Waals surface area contributed by atoms with Gasteiger partial charge in [-0.05, 0) is 13.3 Å². The first kappa shape index (κ1) is 12.6. The summed E-state index contributed by atoms with van der Waals surface area (Å²) in [5.41, 5.74) is 3.46. The van der Waals surface area contributed by atoms with Crippen LogP contribution in [0.1, 0.15) is 31.4 Å². The van der Waals surface area contributed by atoms with Gasteiger partial charge in [-0.2, -0.15) is 0 Å². The highest BCUT2D eigenvalue weighted by molar-refractivity contribution is 6.12. The van der Waals surface area contributed by atoms with Gasteiger partial charge in [-0.15, -0.1) is 0 Å². The van der Waals surface area contributed by atoms with Crippen LogP contribution >= 0.6 is 0 Å². The summed E-state index contributed by atoms with van der Waals surface area (Å²) in [6, 6.07) is 21.1. The van der Waals surface area contributed by atoms with Crippen molar-refractivity contribution in [2.75, 3.05) is 0 Å². The van der Waals surface area contributed by atoms with Crippen molar-refractivity contribution in [3.05, 3.63) is 71.8 Å². The third-order valence-electron chi connectivity index (χ3n) is 3.03. The van der Waals surface area contributed by atoms with E-state index in [1.54, 1.807) is 0 Å². The molecule has 1 nitrogen and oxygen atoms in total. The molecule has 0 heterocycles. The molecule has 18 heavy (non-hydrogen) atoms. The molecule has 2 rings (SSSR count). The van der Waals surface area contributed by atoms with E-state index in [1.807, 2.05) is 12.1 Å². The van der Waals surface area contributed by atoms with Gasteiger partial charge in [0.1, 0.15) is 0 Å². The molecule has 1 heteroatoms. The van der Waals surface area contributed by atoms with Crippen LogP contribution in [-0.4, -0.2) is 11.8 Å². The first-order valence-corrected chi connectivity index (χ1v) is 6.50. The van der Waals surface area contributed by atoms with E-state index in [0.29, 0.717) is 6.04 Å². The van der Waals surface area contributed by atoms with Gasteiger partial charge in [-0.25, -0.2) is 0 Å². The van der Waals surface area contributed by atoms with E-state index in [0.717, 1.165) is 12.1 Å². The van der Waals surface area contributed by atoms with Gasteiger partial charge < -0.3 is 0 Å². The molecule has 0 saturated heterocycles. The average molecular weight is 237 g/mol. The van der Waals surface area contributed by atoms with Crippen molar-refractivity contribution >= 4 is 5.71 Å². The highest BCUT2D eigenvalue weighted by Gasteiger charge is 2.07. The fourth-order valence-corrected chi connectivity index (χ4v) is 1.82. The fourth-order valence-electron chi connectivity index (χ4n) is 1.82. The van der Waals surface area contributed by atoms with Crippen LogP contribution in [0.15, 0.2) is 65.7 Å². The van der Waals surface area contributed by atoms with Crippen LogP contribution in [0.5, 0.6) is 0 Å². The van der Waals surface area contributed by atoms with Gasteiger partial charge in [0.05, 0.1) is 5.71 Å². The summed E-state index contributed by atoms with van der Waals surface area (Å²) in [6.07, 6.45) is 1.06. The van der Waals surface area contributed by atoms with Gasteiger partial charge >= 0.3 is 0 Å². The van der Waals surface area contributed by atoms with Crippen LogP contribution in [0.2, 0.25) is 0 Å². The van der Waals surface area contributed by atoms with Gasteiger partial charge in [0, 0.05) is 17.2 Å². The third-order valence-corrected chi connectivity index (χ3v) is 3.03. The molecule has 0 amide bonds. The molecule has 0 saturated carbocycles. The molecule has 0 bridgehead atoms. The smallest absolute Gasteiger partial charge is 0.0722 e. The Morgan fingerprint density at radius 2 is 1.33 bits per heavy atom. The molecule has 2 aromatic carbocycles. The Morgan fingerprint density at radius 3 is 1.72 bits per heavy atom. The first-order valence-electron chi connectivity index (χ1n) is 6.50. The topological polar surface area (TPSA) is 12.4 Å². The normalized spacial score (nSPS) is 11.9. The minimum atomic E-state index is 0.348. The Morgan fingerprint density at radius 1 is 0.889 bits per heavy atom. The number of hydrogen-bond donors (Lipinski definition) is 0. The summed E-state index contributed by atoms with van der Waals surface area (Å²) in [6.45, 7) is 4.33. The van der Waals surface area contributed by atoms with E-state index >= 15 is 0 Å². The summed E-state index contributed by atoms with van der Waals surface area (Å²) in [5, 5.41) is 0. The minimum absolute atomic E-state index is 0.348. The van der Waals surface area contributed by atoms with Crippen LogP contribution in [0, 0.1) is 0 Å². The van der Waals surface area contributed by atoms with Crippen molar-refractivity contribution in [3.8, 4) is 0 Å². The summed E-state index contributed by atoms with van der Waals surface area (Å²) in [4.78, 5) is 4.85. The lowest BCUT2D eigenvalue weighted by atomic mass is 10.0. The first-order chi connectivity index (χ1) is 8.81. The van der Waals surface area contributed by atoms with Crippen molar-refractivity contribution in [1.29, 1.82) is 0 Å². The highest BCUT2D eigenvalue weighted by atomic mass is 14.8. The molecule has 92 valence electrons. The zero-order chi connectivity index (χ0) is 12.8. The lowest BCUT2D eigenvalue weighted by molar-refractivity contribution is 0.718. The zero-order valence-electron chi connectivity index (χ0n) is 11.0. The zero-order valence-corrected chi connectivity index (χ0v) is 11.0. The standard InChI is InChI=1S/C17H19N/c1-3-14(2)18-17(15-10-6-4-7-11-15)16-12-8-5-9-13-16/h4-14H,3H2,1-2H3/t14-/m0/s1. The second kappa shape index (κ2) is 6.15. The van der Waals surface area contributed by atoms with Gasteiger partial charge in [-0.1, -0.05) is 67.6 Å². The molecule has 0 aliphatic heterocycles. The molecule has 0 aromatic heterocycles.